The predicted octanol–water partition coefficient (Wildman–Crippen LogP) is 21.5. The van der Waals surface area contributed by atoms with Gasteiger partial charge >= 0.3 is 17.9 Å². The monoisotopic (exact) mass is 989 g/mol. The van der Waals surface area contributed by atoms with Gasteiger partial charge < -0.3 is 14.2 Å². The highest BCUT2D eigenvalue weighted by Crippen LogP contribution is 2.19. The largest absolute Gasteiger partial charge is 0.462 e. The Balaban J connectivity index is 3.99. The molecule has 0 aliphatic heterocycles. The van der Waals surface area contributed by atoms with Crippen molar-refractivity contribution in [1.29, 1.82) is 0 Å². The SMILES string of the molecule is CCCCCCCCCCCCCCCCCCCCCCCCCCCCCCCC(=O)OCC(COC(=O)CCCCCCCCCC)OC(=O)CCCCCCCCCCCCCCCCC. The predicted molar refractivity (Wildman–Crippen MR) is 303 cm³/mol. The van der Waals surface area contributed by atoms with Gasteiger partial charge in [0.1, 0.15) is 13.2 Å². The average Bonchev–Trinajstić information content (AvgIpc) is 3.36. The van der Waals surface area contributed by atoms with Gasteiger partial charge in [-0.05, 0) is 19.3 Å². The summed E-state index contributed by atoms with van der Waals surface area (Å²) in [6.45, 7) is 6.68. The fourth-order valence-corrected chi connectivity index (χ4v) is 10.0. The molecule has 0 spiro atoms. The van der Waals surface area contributed by atoms with Crippen LogP contribution in [0, 0.1) is 0 Å². The number of ether oxygens (including phenoxy) is 3. The number of hydrogen-bond acceptors (Lipinski definition) is 6. The molecular formula is C64H124O6. The number of carbonyl (C=O) groups excluding carboxylic acids is 3. The molecule has 0 saturated heterocycles. The minimum atomic E-state index is -0.760. The lowest BCUT2D eigenvalue weighted by atomic mass is 10.0. The van der Waals surface area contributed by atoms with Crippen LogP contribution in [0.5, 0.6) is 0 Å². The van der Waals surface area contributed by atoms with Crippen molar-refractivity contribution in [2.24, 2.45) is 0 Å². The smallest absolute Gasteiger partial charge is 0.306 e. The van der Waals surface area contributed by atoms with Crippen molar-refractivity contribution in [2.45, 2.75) is 380 Å². The molecule has 1 unspecified atom stereocenters. The normalized spacial score (nSPS) is 11.9. The van der Waals surface area contributed by atoms with Crippen molar-refractivity contribution in [1.82, 2.24) is 0 Å². The number of hydrogen-bond donors (Lipinski definition) is 0. The third kappa shape index (κ3) is 57.3. The Morgan fingerprint density at radius 2 is 0.386 bits per heavy atom. The van der Waals surface area contributed by atoms with Crippen LogP contribution in [0.25, 0.3) is 0 Å². The molecular weight excluding hydrogens is 865 g/mol. The Morgan fingerprint density at radius 1 is 0.229 bits per heavy atom. The Morgan fingerprint density at radius 3 is 0.571 bits per heavy atom. The van der Waals surface area contributed by atoms with Crippen molar-refractivity contribution in [2.75, 3.05) is 13.2 Å². The Labute approximate surface area is 438 Å². The van der Waals surface area contributed by atoms with Crippen LogP contribution in [-0.4, -0.2) is 37.2 Å². The van der Waals surface area contributed by atoms with E-state index in [1.54, 1.807) is 0 Å². The average molecular weight is 990 g/mol. The van der Waals surface area contributed by atoms with Gasteiger partial charge in [-0.3, -0.25) is 14.4 Å². The third-order valence-corrected chi connectivity index (χ3v) is 14.9. The molecule has 416 valence electrons. The molecule has 0 saturated carbocycles. The van der Waals surface area contributed by atoms with Crippen LogP contribution in [-0.2, 0) is 28.6 Å². The van der Waals surface area contributed by atoms with E-state index in [1.165, 1.54) is 276 Å². The first kappa shape index (κ1) is 68.4. The molecule has 0 aromatic carbocycles. The zero-order chi connectivity index (χ0) is 50.7. The van der Waals surface area contributed by atoms with Crippen molar-refractivity contribution < 1.29 is 28.6 Å². The first-order valence-electron chi connectivity index (χ1n) is 32.0. The minimum Gasteiger partial charge on any atom is -0.462 e. The molecule has 0 rings (SSSR count). The summed E-state index contributed by atoms with van der Waals surface area (Å²) in [6.07, 6.45) is 68.6. The topological polar surface area (TPSA) is 78.9 Å². The van der Waals surface area contributed by atoms with Crippen LogP contribution in [0.1, 0.15) is 374 Å². The summed E-state index contributed by atoms with van der Waals surface area (Å²) in [6, 6.07) is 0. The zero-order valence-electron chi connectivity index (χ0n) is 47.8. The molecule has 6 heteroatoms. The Bertz CT molecular complexity index is 1040. The van der Waals surface area contributed by atoms with E-state index in [0.717, 1.165) is 57.8 Å². The molecule has 0 aromatic rings. The van der Waals surface area contributed by atoms with Crippen LogP contribution in [0.15, 0.2) is 0 Å². The van der Waals surface area contributed by atoms with E-state index in [4.69, 9.17) is 14.2 Å². The molecule has 0 heterocycles. The highest BCUT2D eigenvalue weighted by Gasteiger charge is 2.19. The Kier molecular flexibility index (Phi) is 58.6. The molecule has 1 atom stereocenters. The fourth-order valence-electron chi connectivity index (χ4n) is 10.0. The molecule has 0 bridgehead atoms. The summed E-state index contributed by atoms with van der Waals surface area (Å²) in [5, 5.41) is 0. The molecule has 0 N–H and O–H groups in total. The van der Waals surface area contributed by atoms with Gasteiger partial charge in [0.25, 0.3) is 0 Å². The van der Waals surface area contributed by atoms with Crippen LogP contribution >= 0.6 is 0 Å². The van der Waals surface area contributed by atoms with Gasteiger partial charge in [-0.2, -0.15) is 0 Å². The maximum atomic E-state index is 12.8. The van der Waals surface area contributed by atoms with E-state index < -0.39 is 6.10 Å². The second-order valence-electron chi connectivity index (χ2n) is 22.1. The van der Waals surface area contributed by atoms with E-state index in [1.807, 2.05) is 0 Å². The van der Waals surface area contributed by atoms with Crippen LogP contribution in [0.2, 0.25) is 0 Å². The van der Waals surface area contributed by atoms with Gasteiger partial charge in [-0.25, -0.2) is 0 Å². The second-order valence-corrected chi connectivity index (χ2v) is 22.1. The molecule has 0 fully saturated rings. The lowest BCUT2D eigenvalue weighted by Gasteiger charge is -2.18. The highest BCUT2D eigenvalue weighted by molar-refractivity contribution is 5.71. The van der Waals surface area contributed by atoms with E-state index in [-0.39, 0.29) is 31.1 Å². The summed E-state index contributed by atoms with van der Waals surface area (Å²) in [7, 11) is 0. The van der Waals surface area contributed by atoms with E-state index in [0.29, 0.717) is 19.3 Å². The third-order valence-electron chi connectivity index (χ3n) is 14.9. The first-order chi connectivity index (χ1) is 34.5. The maximum absolute atomic E-state index is 12.8. The molecule has 0 radical (unpaired) electrons. The standard InChI is InChI=1S/C64H124O6/c1-4-7-10-13-16-19-21-23-25-26-27-28-29-30-31-32-33-34-35-36-37-38-40-41-43-45-48-51-54-57-63(66)69-60-61(59-68-62(65)56-53-50-47-18-15-12-9-6-3)70-64(67)58-55-52-49-46-44-42-39-24-22-20-17-14-11-8-5-2/h61H,4-60H2,1-3H3. The summed E-state index contributed by atoms with van der Waals surface area (Å²) < 4.78 is 16.9. The van der Waals surface area contributed by atoms with Gasteiger partial charge in [0.05, 0.1) is 0 Å². The summed E-state index contributed by atoms with van der Waals surface area (Å²) >= 11 is 0. The van der Waals surface area contributed by atoms with Crippen molar-refractivity contribution in [3.8, 4) is 0 Å². The van der Waals surface area contributed by atoms with Crippen molar-refractivity contribution in [3.63, 3.8) is 0 Å². The molecule has 6 nitrogen and oxygen atoms in total. The summed E-state index contributed by atoms with van der Waals surface area (Å²) in [5.74, 6) is -0.837. The fraction of sp³-hybridized carbons (Fsp3) is 0.953. The quantitative estimate of drug-likeness (QED) is 0.0343. The molecule has 0 aromatic heterocycles. The lowest BCUT2D eigenvalue weighted by Crippen LogP contribution is -2.30. The number of carbonyl (C=O) groups is 3. The second kappa shape index (κ2) is 60.0. The first-order valence-corrected chi connectivity index (χ1v) is 32.0. The van der Waals surface area contributed by atoms with Crippen LogP contribution in [0.3, 0.4) is 0 Å². The Hall–Kier alpha value is -1.59. The van der Waals surface area contributed by atoms with Gasteiger partial charge in [-0.1, -0.05) is 335 Å². The number of unbranched alkanes of at least 4 members (excludes halogenated alkanes) is 49. The lowest BCUT2D eigenvalue weighted by molar-refractivity contribution is -0.167. The zero-order valence-corrected chi connectivity index (χ0v) is 47.8. The van der Waals surface area contributed by atoms with Crippen molar-refractivity contribution >= 4 is 17.9 Å². The van der Waals surface area contributed by atoms with Crippen LogP contribution < -0.4 is 0 Å². The minimum absolute atomic E-state index is 0.0615. The summed E-state index contributed by atoms with van der Waals surface area (Å²) in [5.41, 5.74) is 0. The maximum Gasteiger partial charge on any atom is 0.306 e. The number of esters is 3. The van der Waals surface area contributed by atoms with Gasteiger partial charge in [0.2, 0.25) is 0 Å². The van der Waals surface area contributed by atoms with Crippen molar-refractivity contribution in [3.05, 3.63) is 0 Å². The molecule has 0 amide bonds. The summed E-state index contributed by atoms with van der Waals surface area (Å²) in [4.78, 5) is 38.0. The van der Waals surface area contributed by atoms with Gasteiger partial charge in [0, 0.05) is 19.3 Å². The van der Waals surface area contributed by atoms with E-state index in [2.05, 4.69) is 20.8 Å². The van der Waals surface area contributed by atoms with Gasteiger partial charge in [0.15, 0.2) is 6.10 Å². The van der Waals surface area contributed by atoms with E-state index >= 15 is 0 Å². The molecule has 70 heavy (non-hydrogen) atoms. The van der Waals surface area contributed by atoms with Crippen LogP contribution in [0.4, 0.5) is 0 Å². The van der Waals surface area contributed by atoms with Gasteiger partial charge in [-0.15, -0.1) is 0 Å². The molecule has 0 aliphatic carbocycles. The van der Waals surface area contributed by atoms with E-state index in [9.17, 15) is 14.4 Å². The molecule has 0 aliphatic rings. The highest BCUT2D eigenvalue weighted by atomic mass is 16.6. The number of rotatable bonds is 60.